The zero-order valence-corrected chi connectivity index (χ0v) is 8.80. The number of hydrogen-bond donors (Lipinski definition) is 1. The van der Waals surface area contributed by atoms with Gasteiger partial charge in [0.1, 0.15) is 0 Å². The number of hydrogen-bond acceptors (Lipinski definition) is 2. The van der Waals surface area contributed by atoms with Crippen LogP contribution in [0.15, 0.2) is 18.2 Å². The van der Waals surface area contributed by atoms with Gasteiger partial charge in [-0.2, -0.15) is 0 Å². The van der Waals surface area contributed by atoms with Crippen LogP contribution in [0.2, 0.25) is 0 Å². The molecule has 1 aliphatic rings. The van der Waals surface area contributed by atoms with Crippen LogP contribution in [0.25, 0.3) is 0 Å². The van der Waals surface area contributed by atoms with Crippen molar-refractivity contribution in [2.24, 2.45) is 0 Å². The van der Waals surface area contributed by atoms with Crippen molar-refractivity contribution in [2.45, 2.75) is 13.3 Å². The van der Waals surface area contributed by atoms with Crippen molar-refractivity contribution in [3.8, 4) is 0 Å². The van der Waals surface area contributed by atoms with Crippen LogP contribution < -0.4 is 10.6 Å². The lowest BCUT2D eigenvalue weighted by molar-refractivity contribution is -0.116. The second kappa shape index (κ2) is 3.88. The average molecular weight is 213 g/mol. The highest BCUT2D eigenvalue weighted by Gasteiger charge is 2.21. The van der Waals surface area contributed by atoms with E-state index < -0.39 is 0 Å². The number of nitrogen functional groups attached to an aromatic ring is 1. The Hall–Kier alpha value is -1.22. The fourth-order valence-electron chi connectivity index (χ4n) is 1.72. The van der Waals surface area contributed by atoms with Crippen molar-refractivity contribution in [3.05, 3.63) is 23.8 Å². The summed E-state index contributed by atoms with van der Waals surface area (Å²) in [5.41, 5.74) is 8.56. The Morgan fingerprint density at radius 2 is 2.21 bits per heavy atom. The number of halogens is 1. The van der Waals surface area contributed by atoms with E-state index in [2.05, 4.69) is 0 Å². The Kier molecular flexibility index (Phi) is 3.01. The zero-order valence-electron chi connectivity index (χ0n) is 7.99. The quantitative estimate of drug-likeness (QED) is 0.664. The number of fused-ring (bicyclic) bond motifs is 1. The molecule has 0 aliphatic carbocycles. The first kappa shape index (κ1) is 10.9. The molecule has 2 rings (SSSR count). The number of anilines is 2. The highest BCUT2D eigenvalue weighted by molar-refractivity contribution is 5.94. The van der Waals surface area contributed by atoms with Gasteiger partial charge in [0.05, 0.1) is 0 Å². The van der Waals surface area contributed by atoms with E-state index in [4.69, 9.17) is 5.73 Å². The molecule has 0 atom stereocenters. The largest absolute Gasteiger partial charge is 0.399 e. The molecule has 1 aromatic carbocycles. The van der Waals surface area contributed by atoms with Crippen molar-refractivity contribution in [1.29, 1.82) is 0 Å². The zero-order chi connectivity index (χ0) is 9.42. The van der Waals surface area contributed by atoms with Gasteiger partial charge in [-0.15, -0.1) is 12.4 Å². The number of carbonyl (C=O) groups excluding carboxylic acids is 1. The van der Waals surface area contributed by atoms with Crippen LogP contribution in [0, 0.1) is 0 Å². The number of nitrogens with two attached hydrogens (primary N) is 1. The number of nitrogens with zero attached hydrogens (tertiary/aromatic N) is 1. The Morgan fingerprint density at radius 1 is 1.50 bits per heavy atom. The highest BCUT2D eigenvalue weighted by Crippen LogP contribution is 2.29. The number of amides is 1. The lowest BCUT2D eigenvalue weighted by Crippen LogP contribution is -2.25. The molecule has 3 nitrogen and oxygen atoms in total. The lowest BCUT2D eigenvalue weighted by Gasteiger charge is -2.14. The first-order chi connectivity index (χ1) is 6.18. The summed E-state index contributed by atoms with van der Waals surface area (Å²) in [6.07, 6.45) is 0.940. The molecule has 14 heavy (non-hydrogen) atoms. The predicted octanol–water partition coefficient (Wildman–Crippen LogP) is 1.60. The molecule has 2 N–H and O–H groups in total. The standard InChI is InChI=1S/C10H12N2O.ClH/c1-7(13)12-5-4-8-2-3-9(11)6-10(8)12;/h2-3,6H,4-5,11H2,1H3;1H. The van der Waals surface area contributed by atoms with Crippen LogP contribution in [-0.4, -0.2) is 12.5 Å². The van der Waals surface area contributed by atoms with E-state index in [1.807, 2.05) is 18.2 Å². The summed E-state index contributed by atoms with van der Waals surface area (Å²) >= 11 is 0. The van der Waals surface area contributed by atoms with Crippen molar-refractivity contribution >= 4 is 29.7 Å². The maximum atomic E-state index is 11.2. The van der Waals surface area contributed by atoms with Gasteiger partial charge >= 0.3 is 0 Å². The van der Waals surface area contributed by atoms with E-state index in [1.165, 1.54) is 5.56 Å². The van der Waals surface area contributed by atoms with Gasteiger partial charge in [-0.1, -0.05) is 6.07 Å². The Labute approximate surface area is 89.3 Å². The van der Waals surface area contributed by atoms with E-state index in [-0.39, 0.29) is 18.3 Å². The third-order valence-electron chi connectivity index (χ3n) is 2.39. The van der Waals surface area contributed by atoms with Crippen LogP contribution in [0.4, 0.5) is 11.4 Å². The summed E-state index contributed by atoms with van der Waals surface area (Å²) in [6, 6.07) is 5.74. The fourth-order valence-corrected chi connectivity index (χ4v) is 1.72. The first-order valence-corrected chi connectivity index (χ1v) is 4.35. The molecule has 0 bridgehead atoms. The monoisotopic (exact) mass is 212 g/mol. The molecule has 1 heterocycles. The summed E-state index contributed by atoms with van der Waals surface area (Å²) in [5, 5.41) is 0. The smallest absolute Gasteiger partial charge is 0.223 e. The molecule has 76 valence electrons. The molecular weight excluding hydrogens is 200 g/mol. The first-order valence-electron chi connectivity index (χ1n) is 4.35. The summed E-state index contributed by atoms with van der Waals surface area (Å²) in [5.74, 6) is 0.0874. The molecule has 4 heteroatoms. The SMILES string of the molecule is CC(=O)N1CCc2ccc(N)cc21.Cl. The highest BCUT2D eigenvalue weighted by atomic mass is 35.5. The Balaban J connectivity index is 0.000000980. The van der Waals surface area contributed by atoms with Crippen molar-refractivity contribution < 1.29 is 4.79 Å². The van der Waals surface area contributed by atoms with Crippen LogP contribution in [0.1, 0.15) is 12.5 Å². The van der Waals surface area contributed by atoms with Crippen LogP contribution in [0.5, 0.6) is 0 Å². The molecule has 0 aromatic heterocycles. The molecule has 1 aromatic rings. The van der Waals surface area contributed by atoms with Gasteiger partial charge in [-0.05, 0) is 24.1 Å². The lowest BCUT2D eigenvalue weighted by atomic mass is 10.1. The molecule has 0 fully saturated rings. The molecule has 0 radical (unpaired) electrons. The summed E-state index contributed by atoms with van der Waals surface area (Å²) in [4.78, 5) is 13.0. The maximum absolute atomic E-state index is 11.2. The van der Waals surface area contributed by atoms with Gasteiger partial charge in [0.2, 0.25) is 5.91 Å². The van der Waals surface area contributed by atoms with Crippen molar-refractivity contribution in [3.63, 3.8) is 0 Å². The van der Waals surface area contributed by atoms with Gasteiger partial charge in [-0.3, -0.25) is 4.79 Å². The second-order valence-electron chi connectivity index (χ2n) is 3.31. The van der Waals surface area contributed by atoms with Crippen molar-refractivity contribution in [1.82, 2.24) is 0 Å². The van der Waals surface area contributed by atoms with Crippen LogP contribution >= 0.6 is 12.4 Å². The average Bonchev–Trinajstić information content (AvgIpc) is 2.46. The van der Waals surface area contributed by atoms with E-state index >= 15 is 0 Å². The third-order valence-corrected chi connectivity index (χ3v) is 2.39. The molecule has 1 amide bonds. The van der Waals surface area contributed by atoms with Crippen LogP contribution in [0.3, 0.4) is 0 Å². The van der Waals surface area contributed by atoms with Gasteiger partial charge in [0.25, 0.3) is 0 Å². The van der Waals surface area contributed by atoms with E-state index in [0.717, 1.165) is 18.7 Å². The minimum Gasteiger partial charge on any atom is -0.399 e. The summed E-state index contributed by atoms with van der Waals surface area (Å²) in [6.45, 7) is 2.37. The normalized spacial score (nSPS) is 13.4. The molecular formula is C10H13ClN2O. The van der Waals surface area contributed by atoms with Crippen LogP contribution in [-0.2, 0) is 11.2 Å². The molecule has 1 aliphatic heterocycles. The van der Waals surface area contributed by atoms with Crippen molar-refractivity contribution in [2.75, 3.05) is 17.2 Å². The summed E-state index contributed by atoms with van der Waals surface area (Å²) < 4.78 is 0. The maximum Gasteiger partial charge on any atom is 0.223 e. The Morgan fingerprint density at radius 3 is 2.86 bits per heavy atom. The van der Waals surface area contributed by atoms with E-state index in [0.29, 0.717) is 5.69 Å². The minimum atomic E-state index is 0. The molecule has 0 unspecified atom stereocenters. The topological polar surface area (TPSA) is 46.3 Å². The molecule has 0 saturated heterocycles. The predicted molar refractivity (Wildman–Crippen MR) is 59.8 cm³/mol. The third kappa shape index (κ3) is 1.68. The molecule has 0 saturated carbocycles. The second-order valence-corrected chi connectivity index (χ2v) is 3.31. The number of rotatable bonds is 0. The minimum absolute atomic E-state index is 0. The van der Waals surface area contributed by atoms with Gasteiger partial charge in [0.15, 0.2) is 0 Å². The van der Waals surface area contributed by atoms with E-state index in [9.17, 15) is 4.79 Å². The number of carbonyl (C=O) groups is 1. The Bertz CT molecular complexity index is 365. The molecule has 0 spiro atoms. The van der Waals surface area contributed by atoms with Gasteiger partial charge < -0.3 is 10.6 Å². The van der Waals surface area contributed by atoms with Gasteiger partial charge in [-0.25, -0.2) is 0 Å². The van der Waals surface area contributed by atoms with Gasteiger partial charge in [0, 0.05) is 24.8 Å². The van der Waals surface area contributed by atoms with E-state index in [1.54, 1.807) is 11.8 Å². The number of benzene rings is 1. The summed E-state index contributed by atoms with van der Waals surface area (Å²) in [7, 11) is 0. The fraction of sp³-hybridized carbons (Fsp3) is 0.300.